The quantitative estimate of drug-likeness (QED) is 0.491. The fourth-order valence-corrected chi connectivity index (χ4v) is 1.56. The minimum absolute atomic E-state index is 0.121. The Hall–Kier alpha value is -0.920. The number of phenolic OH excluding ortho intramolecular Hbond substituents is 1. The fraction of sp³-hybridized carbons (Fsp3) is 0.143. The first-order valence-corrected chi connectivity index (χ1v) is 4.35. The molecular formula is C7H5FINO3. The maximum atomic E-state index is 13.1. The Morgan fingerprint density at radius 3 is 2.69 bits per heavy atom. The van der Waals surface area contributed by atoms with Crippen LogP contribution in [0.2, 0.25) is 0 Å². The van der Waals surface area contributed by atoms with Gasteiger partial charge in [0.25, 0.3) is 0 Å². The third kappa shape index (κ3) is 1.71. The van der Waals surface area contributed by atoms with Gasteiger partial charge in [-0.3, -0.25) is 10.1 Å². The van der Waals surface area contributed by atoms with Gasteiger partial charge in [0.15, 0.2) is 0 Å². The van der Waals surface area contributed by atoms with E-state index in [0.717, 1.165) is 6.07 Å². The van der Waals surface area contributed by atoms with Crippen molar-refractivity contribution in [2.75, 3.05) is 0 Å². The minimum Gasteiger partial charge on any atom is -0.506 e. The number of hydrogen-bond acceptors (Lipinski definition) is 3. The number of nitro benzene ring substituents is 1. The van der Waals surface area contributed by atoms with Crippen molar-refractivity contribution in [3.63, 3.8) is 0 Å². The van der Waals surface area contributed by atoms with Gasteiger partial charge in [-0.05, 0) is 35.1 Å². The summed E-state index contributed by atoms with van der Waals surface area (Å²) < 4.78 is 13.0. The molecule has 13 heavy (non-hydrogen) atoms. The van der Waals surface area contributed by atoms with E-state index in [4.69, 9.17) is 0 Å². The number of nitrogens with zero attached hydrogens (tertiary/aromatic N) is 1. The molecule has 1 aromatic rings. The first-order valence-electron chi connectivity index (χ1n) is 3.27. The van der Waals surface area contributed by atoms with E-state index < -0.39 is 16.4 Å². The molecule has 0 saturated heterocycles. The number of aromatic hydroxyl groups is 1. The summed E-state index contributed by atoms with van der Waals surface area (Å²) in [6, 6.07) is 1.01. The summed E-state index contributed by atoms with van der Waals surface area (Å²) in [5.74, 6) is -1.24. The zero-order valence-electron chi connectivity index (χ0n) is 6.54. The summed E-state index contributed by atoms with van der Waals surface area (Å²) in [6.07, 6.45) is 0. The second kappa shape index (κ2) is 3.44. The molecule has 0 saturated carbocycles. The average Bonchev–Trinajstić information content (AvgIpc) is 2.07. The van der Waals surface area contributed by atoms with E-state index in [-0.39, 0.29) is 14.9 Å². The minimum atomic E-state index is -0.992. The monoisotopic (exact) mass is 297 g/mol. The van der Waals surface area contributed by atoms with Gasteiger partial charge in [-0.15, -0.1) is 0 Å². The van der Waals surface area contributed by atoms with Crippen LogP contribution in [0.15, 0.2) is 6.07 Å². The van der Waals surface area contributed by atoms with Crippen LogP contribution in [-0.4, -0.2) is 10.0 Å². The molecule has 0 heterocycles. The molecule has 0 aliphatic rings. The van der Waals surface area contributed by atoms with Crippen LogP contribution in [0.3, 0.4) is 0 Å². The summed E-state index contributed by atoms with van der Waals surface area (Å²) in [4.78, 5) is 9.50. The number of halogens is 2. The molecular weight excluding hydrogens is 292 g/mol. The summed E-state index contributed by atoms with van der Waals surface area (Å²) in [7, 11) is 0. The van der Waals surface area contributed by atoms with Crippen molar-refractivity contribution >= 4 is 28.3 Å². The lowest BCUT2D eigenvalue weighted by Gasteiger charge is -2.02. The topological polar surface area (TPSA) is 63.4 Å². The molecule has 0 fully saturated rings. The van der Waals surface area contributed by atoms with E-state index in [9.17, 15) is 19.6 Å². The van der Waals surface area contributed by atoms with Gasteiger partial charge in [0, 0.05) is 6.07 Å². The molecule has 0 amide bonds. The number of aryl methyl sites for hydroxylation is 1. The van der Waals surface area contributed by atoms with E-state index in [2.05, 4.69) is 0 Å². The molecule has 1 N–H and O–H groups in total. The third-order valence-electron chi connectivity index (χ3n) is 1.55. The second-order valence-electron chi connectivity index (χ2n) is 2.45. The molecule has 4 nitrogen and oxygen atoms in total. The Balaban J connectivity index is 3.50. The predicted octanol–water partition coefficient (Wildman–Crippen LogP) is 2.35. The lowest BCUT2D eigenvalue weighted by molar-refractivity contribution is -0.387. The van der Waals surface area contributed by atoms with Crippen LogP contribution in [0.5, 0.6) is 5.75 Å². The Morgan fingerprint density at radius 2 is 2.23 bits per heavy atom. The van der Waals surface area contributed by atoms with Gasteiger partial charge in [0.05, 0.1) is 8.49 Å². The molecule has 6 heteroatoms. The summed E-state index contributed by atoms with van der Waals surface area (Å²) >= 11 is 1.52. The number of benzene rings is 1. The van der Waals surface area contributed by atoms with Crippen LogP contribution in [0.25, 0.3) is 0 Å². The van der Waals surface area contributed by atoms with Gasteiger partial charge >= 0.3 is 5.69 Å². The van der Waals surface area contributed by atoms with Crippen LogP contribution in [0, 0.1) is 26.4 Å². The smallest absolute Gasteiger partial charge is 0.306 e. The van der Waals surface area contributed by atoms with Gasteiger partial charge in [-0.25, -0.2) is 0 Å². The maximum Gasteiger partial charge on any atom is 0.306 e. The van der Waals surface area contributed by atoms with E-state index >= 15 is 0 Å². The third-order valence-corrected chi connectivity index (χ3v) is 2.53. The van der Waals surface area contributed by atoms with E-state index in [1.165, 1.54) is 29.5 Å². The molecule has 0 radical (unpaired) electrons. The Morgan fingerprint density at radius 1 is 1.69 bits per heavy atom. The van der Waals surface area contributed by atoms with Gasteiger partial charge < -0.3 is 5.11 Å². The van der Waals surface area contributed by atoms with E-state index in [1.807, 2.05) is 0 Å². The summed E-state index contributed by atoms with van der Waals surface area (Å²) in [5.41, 5.74) is -0.322. The highest BCUT2D eigenvalue weighted by Crippen LogP contribution is 2.32. The van der Waals surface area contributed by atoms with Crippen molar-refractivity contribution in [3.8, 4) is 5.75 Å². The van der Waals surface area contributed by atoms with Crippen molar-refractivity contribution in [2.45, 2.75) is 6.92 Å². The largest absolute Gasteiger partial charge is 0.506 e. The highest BCUT2D eigenvalue weighted by molar-refractivity contribution is 14.1. The molecule has 1 aromatic carbocycles. The number of rotatable bonds is 1. The number of hydrogen-bond donors (Lipinski definition) is 1. The summed E-state index contributed by atoms with van der Waals surface area (Å²) in [6.45, 7) is 1.48. The van der Waals surface area contributed by atoms with Crippen LogP contribution in [0.1, 0.15) is 5.56 Å². The lowest BCUT2D eigenvalue weighted by atomic mass is 10.2. The molecule has 70 valence electrons. The Kier molecular flexibility index (Phi) is 2.69. The molecule has 0 unspecified atom stereocenters. The van der Waals surface area contributed by atoms with Crippen molar-refractivity contribution in [2.24, 2.45) is 0 Å². The second-order valence-corrected chi connectivity index (χ2v) is 3.53. The maximum absolute atomic E-state index is 13.1. The van der Waals surface area contributed by atoms with Crippen LogP contribution >= 0.6 is 22.6 Å². The van der Waals surface area contributed by atoms with Gasteiger partial charge in [-0.1, -0.05) is 0 Å². The first-order chi connectivity index (χ1) is 5.95. The molecule has 1 rings (SSSR count). The normalized spacial score (nSPS) is 10.1. The standard InChI is InChI=1S/C7H5FINO3/c1-3-2-4(10(12)13)5(8)6(9)7(3)11/h2,11H,1H3. The van der Waals surface area contributed by atoms with E-state index in [1.54, 1.807) is 0 Å². The summed E-state index contributed by atoms with van der Waals surface area (Å²) in [5, 5.41) is 19.5. The fourth-order valence-electron chi connectivity index (χ4n) is 0.859. The van der Waals surface area contributed by atoms with Crippen LogP contribution in [0.4, 0.5) is 10.1 Å². The van der Waals surface area contributed by atoms with Gasteiger partial charge in [0.2, 0.25) is 5.82 Å². The van der Waals surface area contributed by atoms with Crippen molar-refractivity contribution in [3.05, 3.63) is 31.1 Å². The van der Waals surface area contributed by atoms with Crippen molar-refractivity contribution in [1.82, 2.24) is 0 Å². The average molecular weight is 297 g/mol. The zero-order chi connectivity index (χ0) is 10.2. The highest BCUT2D eigenvalue weighted by Gasteiger charge is 2.21. The highest BCUT2D eigenvalue weighted by atomic mass is 127. The predicted molar refractivity (Wildman–Crippen MR) is 52.2 cm³/mol. The zero-order valence-corrected chi connectivity index (χ0v) is 8.70. The Labute approximate surface area is 86.7 Å². The molecule has 0 aromatic heterocycles. The van der Waals surface area contributed by atoms with E-state index in [0.29, 0.717) is 0 Å². The molecule has 0 aliphatic heterocycles. The van der Waals surface area contributed by atoms with Crippen LogP contribution in [-0.2, 0) is 0 Å². The Bertz CT molecular complexity index is 380. The number of nitro groups is 1. The molecule has 0 spiro atoms. The SMILES string of the molecule is Cc1cc([N+](=O)[O-])c(F)c(I)c1O. The van der Waals surface area contributed by atoms with Gasteiger partial charge in [0.1, 0.15) is 5.75 Å². The molecule has 0 atom stereocenters. The molecule has 0 bridgehead atoms. The van der Waals surface area contributed by atoms with Crippen molar-refractivity contribution < 1.29 is 14.4 Å². The number of phenols is 1. The van der Waals surface area contributed by atoms with Gasteiger partial charge in [-0.2, -0.15) is 4.39 Å². The lowest BCUT2D eigenvalue weighted by Crippen LogP contribution is -1.96. The first kappa shape index (κ1) is 10.2. The van der Waals surface area contributed by atoms with Crippen molar-refractivity contribution in [1.29, 1.82) is 0 Å². The molecule has 0 aliphatic carbocycles. The van der Waals surface area contributed by atoms with Crippen LogP contribution < -0.4 is 0 Å².